The van der Waals surface area contributed by atoms with Crippen molar-refractivity contribution in [2.45, 2.75) is 26.7 Å². The SMILES string of the molecule is Cc1cc(Cl)c(C)nc1-n1c(=O)cc(C(C)(F)F)n(C)c1=O. The predicted octanol–water partition coefficient (Wildman–Crippen LogP) is 2.31. The van der Waals surface area contributed by atoms with Gasteiger partial charge >= 0.3 is 5.69 Å². The first-order valence-electron chi connectivity index (χ1n) is 6.39. The van der Waals surface area contributed by atoms with E-state index >= 15 is 0 Å². The first-order chi connectivity index (χ1) is 10.0. The van der Waals surface area contributed by atoms with Gasteiger partial charge in [-0.25, -0.2) is 23.1 Å². The summed E-state index contributed by atoms with van der Waals surface area (Å²) in [6.07, 6.45) is 0. The van der Waals surface area contributed by atoms with Gasteiger partial charge in [0, 0.05) is 20.0 Å². The van der Waals surface area contributed by atoms with E-state index in [1.54, 1.807) is 19.9 Å². The van der Waals surface area contributed by atoms with Gasteiger partial charge in [0.1, 0.15) is 5.82 Å². The third kappa shape index (κ3) is 2.68. The van der Waals surface area contributed by atoms with Gasteiger partial charge < -0.3 is 0 Å². The van der Waals surface area contributed by atoms with Crippen LogP contribution in [0.4, 0.5) is 8.78 Å². The average molecular weight is 330 g/mol. The Morgan fingerprint density at radius 2 is 1.82 bits per heavy atom. The Hall–Kier alpha value is -2.02. The number of nitrogens with zero attached hydrogens (tertiary/aromatic N) is 3. The highest BCUT2D eigenvalue weighted by molar-refractivity contribution is 6.31. The van der Waals surface area contributed by atoms with Gasteiger partial charge in [-0.05, 0) is 25.5 Å². The van der Waals surface area contributed by atoms with Gasteiger partial charge in [-0.2, -0.15) is 0 Å². The van der Waals surface area contributed by atoms with Crippen LogP contribution in [0.15, 0.2) is 21.7 Å². The van der Waals surface area contributed by atoms with Gasteiger partial charge in [-0.15, -0.1) is 0 Å². The van der Waals surface area contributed by atoms with Gasteiger partial charge in [0.15, 0.2) is 0 Å². The summed E-state index contributed by atoms with van der Waals surface area (Å²) in [5.74, 6) is -3.22. The molecule has 118 valence electrons. The lowest BCUT2D eigenvalue weighted by Crippen LogP contribution is -2.41. The van der Waals surface area contributed by atoms with Crippen LogP contribution in [0.1, 0.15) is 23.9 Å². The second kappa shape index (κ2) is 5.31. The third-order valence-electron chi connectivity index (χ3n) is 3.30. The molecular weight excluding hydrogens is 316 g/mol. The molecular formula is C14H14ClF2N3O2. The Kier molecular flexibility index (Phi) is 3.95. The number of aryl methyl sites for hydroxylation is 2. The number of aromatic nitrogens is 3. The number of halogens is 3. The molecule has 0 radical (unpaired) electrons. The van der Waals surface area contributed by atoms with E-state index in [-0.39, 0.29) is 5.82 Å². The molecule has 2 aromatic rings. The quantitative estimate of drug-likeness (QED) is 0.849. The molecule has 8 heteroatoms. The average Bonchev–Trinajstić information content (AvgIpc) is 2.38. The normalized spacial score (nSPS) is 11.8. The van der Waals surface area contributed by atoms with Gasteiger partial charge in [0.25, 0.3) is 11.5 Å². The molecule has 0 saturated heterocycles. The van der Waals surface area contributed by atoms with E-state index in [1.807, 2.05) is 0 Å². The van der Waals surface area contributed by atoms with Gasteiger partial charge in [0.2, 0.25) is 0 Å². The summed E-state index contributed by atoms with van der Waals surface area (Å²) < 4.78 is 28.4. The number of hydrogen-bond acceptors (Lipinski definition) is 3. The molecule has 0 atom stereocenters. The van der Waals surface area contributed by atoms with E-state index < -0.39 is 22.9 Å². The number of rotatable bonds is 2. The summed E-state index contributed by atoms with van der Waals surface area (Å²) >= 11 is 5.94. The van der Waals surface area contributed by atoms with Crippen LogP contribution in [0.5, 0.6) is 0 Å². The summed E-state index contributed by atoms with van der Waals surface area (Å²) in [5.41, 5.74) is -1.48. The van der Waals surface area contributed by atoms with Crippen molar-refractivity contribution in [3.63, 3.8) is 0 Å². The molecule has 0 spiro atoms. The maximum Gasteiger partial charge on any atom is 0.337 e. The van der Waals surface area contributed by atoms with E-state index in [2.05, 4.69) is 4.98 Å². The summed E-state index contributed by atoms with van der Waals surface area (Å²) in [4.78, 5) is 28.6. The molecule has 2 aromatic heterocycles. The number of alkyl halides is 2. The maximum absolute atomic E-state index is 13.5. The van der Waals surface area contributed by atoms with E-state index in [0.29, 0.717) is 23.2 Å². The van der Waals surface area contributed by atoms with Crippen LogP contribution >= 0.6 is 11.6 Å². The van der Waals surface area contributed by atoms with Crippen LogP contribution in [0.25, 0.3) is 5.82 Å². The first-order valence-corrected chi connectivity index (χ1v) is 6.77. The van der Waals surface area contributed by atoms with Crippen molar-refractivity contribution < 1.29 is 8.78 Å². The molecule has 0 fully saturated rings. The molecule has 5 nitrogen and oxygen atoms in total. The van der Waals surface area contributed by atoms with Crippen LogP contribution in [-0.4, -0.2) is 14.1 Å². The smallest absolute Gasteiger partial charge is 0.294 e. The Labute approximate surface area is 129 Å². The second-order valence-corrected chi connectivity index (χ2v) is 5.54. The highest BCUT2D eigenvalue weighted by Crippen LogP contribution is 2.24. The highest BCUT2D eigenvalue weighted by atomic mass is 35.5. The fourth-order valence-corrected chi connectivity index (χ4v) is 2.33. The van der Waals surface area contributed by atoms with Gasteiger partial charge in [-0.1, -0.05) is 11.6 Å². The van der Waals surface area contributed by atoms with Crippen molar-refractivity contribution in [3.8, 4) is 5.82 Å². The Morgan fingerprint density at radius 1 is 1.23 bits per heavy atom. The van der Waals surface area contributed by atoms with E-state index in [9.17, 15) is 18.4 Å². The molecule has 0 aliphatic rings. The third-order valence-corrected chi connectivity index (χ3v) is 3.68. The number of pyridine rings is 1. The van der Waals surface area contributed by atoms with Crippen molar-refractivity contribution in [2.24, 2.45) is 7.05 Å². The molecule has 0 N–H and O–H groups in total. The Bertz CT molecular complexity index is 866. The van der Waals surface area contributed by atoms with Crippen LogP contribution in [-0.2, 0) is 13.0 Å². The highest BCUT2D eigenvalue weighted by Gasteiger charge is 2.29. The van der Waals surface area contributed by atoms with Crippen molar-refractivity contribution in [1.82, 2.24) is 14.1 Å². The molecule has 0 amide bonds. The molecule has 0 aliphatic carbocycles. The second-order valence-electron chi connectivity index (χ2n) is 5.13. The summed E-state index contributed by atoms with van der Waals surface area (Å²) in [6, 6.07) is 2.31. The molecule has 2 heterocycles. The first kappa shape index (κ1) is 16.4. The van der Waals surface area contributed by atoms with E-state index in [0.717, 1.165) is 15.2 Å². The minimum Gasteiger partial charge on any atom is -0.294 e. The van der Waals surface area contributed by atoms with E-state index in [4.69, 9.17) is 11.6 Å². The Morgan fingerprint density at radius 3 is 2.36 bits per heavy atom. The van der Waals surface area contributed by atoms with Gasteiger partial charge in [-0.3, -0.25) is 9.36 Å². The molecule has 0 bridgehead atoms. The Balaban J connectivity index is 2.85. The topological polar surface area (TPSA) is 56.9 Å². The molecule has 22 heavy (non-hydrogen) atoms. The predicted molar refractivity (Wildman–Crippen MR) is 79.1 cm³/mol. The standard InChI is InChI=1S/C14H14ClF2N3O2/c1-7-5-9(15)8(2)18-12(7)20-11(21)6-10(14(3,16)17)19(4)13(20)22/h5-6H,1-4H3. The van der Waals surface area contributed by atoms with Crippen LogP contribution in [0, 0.1) is 13.8 Å². The van der Waals surface area contributed by atoms with Crippen molar-refractivity contribution in [3.05, 3.63) is 54.9 Å². The lowest BCUT2D eigenvalue weighted by Gasteiger charge is -2.17. The molecule has 0 aliphatic heterocycles. The maximum atomic E-state index is 13.5. The van der Waals surface area contributed by atoms with Crippen LogP contribution in [0.2, 0.25) is 5.02 Å². The molecule has 0 saturated carbocycles. The van der Waals surface area contributed by atoms with Crippen LogP contribution < -0.4 is 11.2 Å². The molecule has 0 aromatic carbocycles. The summed E-state index contributed by atoms with van der Waals surface area (Å²) in [5, 5.41) is 0.392. The molecule has 2 rings (SSSR count). The van der Waals surface area contributed by atoms with Crippen molar-refractivity contribution >= 4 is 11.6 Å². The summed E-state index contributed by atoms with van der Waals surface area (Å²) in [6.45, 7) is 3.87. The zero-order valence-electron chi connectivity index (χ0n) is 12.4. The summed E-state index contributed by atoms with van der Waals surface area (Å²) in [7, 11) is 1.18. The fraction of sp³-hybridized carbons (Fsp3) is 0.357. The molecule has 0 unspecified atom stereocenters. The fourth-order valence-electron chi connectivity index (χ4n) is 2.13. The lowest BCUT2D eigenvalue weighted by molar-refractivity contribution is 0.00825. The largest absolute Gasteiger partial charge is 0.337 e. The van der Waals surface area contributed by atoms with Gasteiger partial charge in [0.05, 0.1) is 16.4 Å². The van der Waals surface area contributed by atoms with Crippen molar-refractivity contribution in [1.29, 1.82) is 0 Å². The minimum absolute atomic E-state index is 0.0819. The minimum atomic E-state index is -3.30. The zero-order valence-corrected chi connectivity index (χ0v) is 13.2. The monoisotopic (exact) mass is 329 g/mol. The van der Waals surface area contributed by atoms with Crippen molar-refractivity contribution in [2.75, 3.05) is 0 Å². The van der Waals surface area contributed by atoms with Crippen LogP contribution in [0.3, 0.4) is 0 Å². The lowest BCUT2D eigenvalue weighted by atomic mass is 10.2. The zero-order chi connectivity index (χ0) is 16.8. The number of hydrogen-bond donors (Lipinski definition) is 0. The van der Waals surface area contributed by atoms with E-state index in [1.165, 1.54) is 7.05 Å².